The molecule has 2 fully saturated rings. The molecule has 21 heavy (non-hydrogen) atoms. The number of hydrogen-bond donors (Lipinski definition) is 0. The summed E-state index contributed by atoms with van der Waals surface area (Å²) in [4.78, 5) is 0. The highest BCUT2D eigenvalue weighted by Gasteiger charge is 2.53. The molecule has 4 heteroatoms. The zero-order valence-electron chi connectivity index (χ0n) is 12.2. The summed E-state index contributed by atoms with van der Waals surface area (Å²) in [5.41, 5.74) is 1.83. The quantitative estimate of drug-likeness (QED) is 0.868. The normalized spacial score (nSPS) is 30.9. The number of nitrogens with zero attached hydrogens (tertiary/aromatic N) is 3. The SMILES string of the molecule is CCn1nc(CC2(C#N)CC3CCC2O3)c2ccccc21. The van der Waals surface area contributed by atoms with Crippen LogP contribution in [0.3, 0.4) is 0 Å². The van der Waals surface area contributed by atoms with E-state index in [2.05, 4.69) is 25.1 Å². The number of fused-ring (bicyclic) bond motifs is 3. The van der Waals surface area contributed by atoms with Crippen molar-refractivity contribution in [2.45, 2.75) is 51.4 Å². The van der Waals surface area contributed by atoms with E-state index in [0.29, 0.717) is 6.42 Å². The van der Waals surface area contributed by atoms with Crippen molar-refractivity contribution in [2.75, 3.05) is 0 Å². The van der Waals surface area contributed by atoms with Crippen molar-refractivity contribution in [3.8, 4) is 6.07 Å². The van der Waals surface area contributed by atoms with Crippen LogP contribution in [0.1, 0.15) is 31.9 Å². The van der Waals surface area contributed by atoms with E-state index in [1.807, 2.05) is 16.8 Å². The maximum atomic E-state index is 9.77. The van der Waals surface area contributed by atoms with Crippen molar-refractivity contribution in [2.24, 2.45) is 5.41 Å². The highest BCUT2D eigenvalue weighted by atomic mass is 16.5. The van der Waals surface area contributed by atoms with Gasteiger partial charge in [-0.1, -0.05) is 18.2 Å². The standard InChI is InChI=1S/C17H19N3O/c1-2-20-15-6-4-3-5-13(15)14(19-20)10-17(11-18)9-12-7-8-16(17)21-12/h3-6,12,16H,2,7-10H2,1H3. The van der Waals surface area contributed by atoms with Crippen molar-refractivity contribution < 1.29 is 4.74 Å². The van der Waals surface area contributed by atoms with Gasteiger partial charge in [-0.25, -0.2) is 0 Å². The smallest absolute Gasteiger partial charge is 0.0915 e. The van der Waals surface area contributed by atoms with E-state index in [9.17, 15) is 5.26 Å². The van der Waals surface area contributed by atoms with Crippen molar-refractivity contribution in [1.29, 1.82) is 5.26 Å². The maximum Gasteiger partial charge on any atom is 0.0915 e. The molecule has 1 aromatic heterocycles. The van der Waals surface area contributed by atoms with Gasteiger partial charge in [0.15, 0.2) is 0 Å². The van der Waals surface area contributed by atoms with Gasteiger partial charge in [-0.3, -0.25) is 4.68 Å². The Morgan fingerprint density at radius 3 is 2.95 bits per heavy atom. The average Bonchev–Trinajstić information content (AvgIpc) is 3.21. The summed E-state index contributed by atoms with van der Waals surface area (Å²) in [6.07, 6.45) is 4.08. The number of hydrogen-bond acceptors (Lipinski definition) is 3. The van der Waals surface area contributed by atoms with Gasteiger partial charge in [0.05, 0.1) is 34.9 Å². The predicted molar refractivity (Wildman–Crippen MR) is 79.7 cm³/mol. The third-order valence-corrected chi connectivity index (χ3v) is 5.06. The molecule has 2 aliphatic heterocycles. The van der Waals surface area contributed by atoms with Crippen LogP contribution in [0.15, 0.2) is 24.3 Å². The Hall–Kier alpha value is -1.86. The van der Waals surface area contributed by atoms with Gasteiger partial charge in [0.25, 0.3) is 0 Å². The van der Waals surface area contributed by atoms with Crippen LogP contribution in [0.4, 0.5) is 0 Å². The molecule has 4 nitrogen and oxygen atoms in total. The first-order valence-corrected chi connectivity index (χ1v) is 7.77. The maximum absolute atomic E-state index is 9.77. The number of para-hydroxylation sites is 1. The third-order valence-electron chi connectivity index (χ3n) is 5.06. The molecule has 2 aliphatic rings. The summed E-state index contributed by atoms with van der Waals surface area (Å²) >= 11 is 0. The molecule has 3 atom stereocenters. The molecule has 0 spiro atoms. The fourth-order valence-electron chi connectivity index (χ4n) is 4.01. The molecule has 3 unspecified atom stereocenters. The average molecular weight is 281 g/mol. The Bertz CT molecular complexity index is 729. The Balaban J connectivity index is 1.76. The lowest BCUT2D eigenvalue weighted by Crippen LogP contribution is -2.33. The molecule has 0 saturated carbocycles. The second kappa shape index (κ2) is 4.57. The van der Waals surface area contributed by atoms with Gasteiger partial charge in [-0.05, 0) is 32.3 Å². The molecule has 108 valence electrons. The summed E-state index contributed by atoms with van der Waals surface area (Å²) in [5, 5.41) is 15.7. The number of ether oxygens (including phenoxy) is 1. The lowest BCUT2D eigenvalue weighted by atomic mass is 9.72. The second-order valence-electron chi connectivity index (χ2n) is 6.25. The first kappa shape index (κ1) is 12.8. The number of aromatic nitrogens is 2. The molecule has 2 saturated heterocycles. The van der Waals surface area contributed by atoms with Crippen LogP contribution in [-0.2, 0) is 17.7 Å². The van der Waals surface area contributed by atoms with Crippen LogP contribution in [0, 0.1) is 16.7 Å². The largest absolute Gasteiger partial charge is 0.373 e. The molecule has 0 aliphatic carbocycles. The van der Waals surface area contributed by atoms with Gasteiger partial charge in [0.1, 0.15) is 0 Å². The van der Waals surface area contributed by atoms with Crippen LogP contribution in [0.5, 0.6) is 0 Å². The predicted octanol–water partition coefficient (Wildman–Crippen LogP) is 3.06. The van der Waals surface area contributed by atoms with Crippen molar-refractivity contribution in [1.82, 2.24) is 9.78 Å². The number of rotatable bonds is 3. The fraction of sp³-hybridized carbons (Fsp3) is 0.529. The van der Waals surface area contributed by atoms with Crippen molar-refractivity contribution in [3.63, 3.8) is 0 Å². The van der Waals surface area contributed by atoms with E-state index in [1.54, 1.807) is 0 Å². The lowest BCUT2D eigenvalue weighted by molar-refractivity contribution is 0.0785. The monoisotopic (exact) mass is 281 g/mol. The Morgan fingerprint density at radius 2 is 2.29 bits per heavy atom. The summed E-state index contributed by atoms with van der Waals surface area (Å²) in [7, 11) is 0. The van der Waals surface area contributed by atoms with Gasteiger partial charge in [-0.15, -0.1) is 0 Å². The molecular formula is C17H19N3O. The summed E-state index contributed by atoms with van der Waals surface area (Å²) in [6.45, 7) is 2.95. The van der Waals surface area contributed by atoms with Gasteiger partial charge in [0.2, 0.25) is 0 Å². The molecule has 1 aromatic carbocycles. The van der Waals surface area contributed by atoms with Gasteiger partial charge in [-0.2, -0.15) is 10.4 Å². The van der Waals surface area contributed by atoms with Crippen molar-refractivity contribution >= 4 is 10.9 Å². The number of aryl methyl sites for hydroxylation is 1. The van der Waals surface area contributed by atoms with E-state index in [4.69, 9.17) is 9.84 Å². The Morgan fingerprint density at radius 1 is 1.43 bits per heavy atom. The second-order valence-corrected chi connectivity index (χ2v) is 6.25. The first-order valence-electron chi connectivity index (χ1n) is 7.77. The van der Waals surface area contributed by atoms with Crippen LogP contribution in [-0.4, -0.2) is 22.0 Å². The first-order chi connectivity index (χ1) is 10.3. The summed E-state index contributed by atoms with van der Waals surface area (Å²) < 4.78 is 7.97. The van der Waals surface area contributed by atoms with Crippen LogP contribution >= 0.6 is 0 Å². The molecule has 0 radical (unpaired) electrons. The highest BCUT2D eigenvalue weighted by Crippen LogP contribution is 2.49. The molecule has 2 bridgehead atoms. The highest BCUT2D eigenvalue weighted by molar-refractivity contribution is 5.82. The fourth-order valence-corrected chi connectivity index (χ4v) is 4.01. The number of benzene rings is 1. The minimum absolute atomic E-state index is 0.0954. The van der Waals surface area contributed by atoms with E-state index >= 15 is 0 Å². The van der Waals surface area contributed by atoms with E-state index in [1.165, 1.54) is 5.39 Å². The van der Waals surface area contributed by atoms with Crippen LogP contribution in [0.2, 0.25) is 0 Å². The van der Waals surface area contributed by atoms with Gasteiger partial charge >= 0.3 is 0 Å². The molecule has 2 aromatic rings. The zero-order valence-corrected chi connectivity index (χ0v) is 12.2. The zero-order chi connectivity index (χ0) is 14.4. The Labute approximate surface area is 124 Å². The Kier molecular flexibility index (Phi) is 2.80. The number of nitriles is 1. The minimum Gasteiger partial charge on any atom is -0.373 e. The van der Waals surface area contributed by atoms with E-state index < -0.39 is 0 Å². The topological polar surface area (TPSA) is 50.8 Å². The van der Waals surface area contributed by atoms with E-state index in [0.717, 1.165) is 37.0 Å². The van der Waals surface area contributed by atoms with Gasteiger partial charge in [0, 0.05) is 18.4 Å². The lowest BCUT2D eigenvalue weighted by Gasteiger charge is -2.27. The van der Waals surface area contributed by atoms with Crippen LogP contribution in [0.25, 0.3) is 10.9 Å². The molecule has 4 rings (SSSR count). The molecule has 0 N–H and O–H groups in total. The summed E-state index contributed by atoms with van der Waals surface area (Å²) in [6, 6.07) is 10.9. The third kappa shape index (κ3) is 1.81. The summed E-state index contributed by atoms with van der Waals surface area (Å²) in [5.74, 6) is 0. The molecule has 0 amide bonds. The minimum atomic E-state index is -0.376. The molecule has 3 heterocycles. The van der Waals surface area contributed by atoms with Gasteiger partial charge < -0.3 is 4.74 Å². The van der Waals surface area contributed by atoms with E-state index in [-0.39, 0.29) is 17.6 Å². The van der Waals surface area contributed by atoms with Crippen molar-refractivity contribution in [3.05, 3.63) is 30.0 Å². The molecular weight excluding hydrogens is 262 g/mol. The van der Waals surface area contributed by atoms with Crippen LogP contribution < -0.4 is 0 Å².